The van der Waals surface area contributed by atoms with Gasteiger partial charge in [0.2, 0.25) is 0 Å². The van der Waals surface area contributed by atoms with E-state index in [-0.39, 0.29) is 18.2 Å². The Morgan fingerprint density at radius 3 is 2.58 bits per heavy atom. The van der Waals surface area contributed by atoms with Crippen LogP contribution in [0.5, 0.6) is 5.75 Å². The minimum atomic E-state index is -0.352. The Hall–Kier alpha value is -2.40. The van der Waals surface area contributed by atoms with Crippen molar-refractivity contribution in [3.05, 3.63) is 64.4 Å². The first-order valence-electron chi connectivity index (χ1n) is 7.41. The highest BCUT2D eigenvalue weighted by atomic mass is 35.5. The van der Waals surface area contributed by atoms with Gasteiger partial charge in [-0.1, -0.05) is 22.8 Å². The van der Waals surface area contributed by atoms with Crippen molar-refractivity contribution in [3.8, 4) is 5.75 Å². The molecule has 0 unspecified atom stereocenters. The number of carbonyl (C=O) groups excluding carboxylic acids is 1. The lowest BCUT2D eigenvalue weighted by Crippen LogP contribution is -2.11. The molecule has 0 aliphatic rings. The maximum Gasteiger partial charge on any atom is 0.310 e. The van der Waals surface area contributed by atoms with Crippen LogP contribution in [0.25, 0.3) is 0 Å². The van der Waals surface area contributed by atoms with Crippen LogP contribution in [0.3, 0.4) is 0 Å². The molecule has 0 atom stereocenters. The molecule has 6 heteroatoms. The highest BCUT2D eigenvalue weighted by molar-refractivity contribution is 6.31. The third-order valence-electron chi connectivity index (χ3n) is 3.20. The molecule has 126 valence electrons. The number of rotatable bonds is 6. The lowest BCUT2D eigenvalue weighted by atomic mass is 10.0. The molecule has 0 radical (unpaired) electrons. The second-order valence-corrected chi connectivity index (χ2v) is 5.44. The summed E-state index contributed by atoms with van der Waals surface area (Å²) in [6, 6.07) is 10.7. The Kier molecular flexibility index (Phi) is 6.32. The van der Waals surface area contributed by atoms with Gasteiger partial charge in [0.15, 0.2) is 5.75 Å². The van der Waals surface area contributed by atoms with E-state index in [9.17, 15) is 9.18 Å². The average molecular weight is 350 g/mol. The molecule has 0 fully saturated rings. The number of esters is 1. The van der Waals surface area contributed by atoms with Crippen LogP contribution in [0.15, 0.2) is 47.6 Å². The van der Waals surface area contributed by atoms with Crippen LogP contribution < -0.4 is 4.84 Å². The molecule has 0 aliphatic carbocycles. The van der Waals surface area contributed by atoms with Crippen LogP contribution in [0.2, 0.25) is 5.02 Å². The number of hydrogen-bond donors (Lipinski definition) is 0. The van der Waals surface area contributed by atoms with Crippen LogP contribution in [0, 0.1) is 5.82 Å². The van der Waals surface area contributed by atoms with Gasteiger partial charge in [-0.05, 0) is 55.8 Å². The second-order valence-electron chi connectivity index (χ2n) is 5.01. The van der Waals surface area contributed by atoms with E-state index < -0.39 is 0 Å². The molecular weight excluding hydrogens is 333 g/mol. The van der Waals surface area contributed by atoms with Crippen LogP contribution in [0.1, 0.15) is 25.0 Å². The van der Waals surface area contributed by atoms with Gasteiger partial charge in [0.05, 0.1) is 18.7 Å². The lowest BCUT2D eigenvalue weighted by molar-refractivity contribution is -0.142. The topological polar surface area (TPSA) is 47.9 Å². The zero-order valence-corrected chi connectivity index (χ0v) is 14.1. The molecule has 4 nitrogen and oxygen atoms in total. The highest BCUT2D eigenvalue weighted by Gasteiger charge is 2.12. The molecule has 0 aliphatic heterocycles. The normalized spacial score (nSPS) is 11.2. The van der Waals surface area contributed by atoms with Crippen molar-refractivity contribution in [2.45, 2.75) is 20.3 Å². The van der Waals surface area contributed by atoms with E-state index in [1.165, 1.54) is 24.3 Å². The summed E-state index contributed by atoms with van der Waals surface area (Å²) >= 11 is 6.04. The summed E-state index contributed by atoms with van der Waals surface area (Å²) in [4.78, 5) is 17.0. The molecule has 24 heavy (non-hydrogen) atoms. The van der Waals surface area contributed by atoms with E-state index in [0.29, 0.717) is 28.7 Å². The standard InChI is InChI=1S/C18H17ClFNO3/c1-3-23-18(22)10-13-4-5-14(19)11-17(13)12(2)21-24-16-8-6-15(20)7-9-16/h4-9,11H,3,10H2,1-2H3/b21-12+. The summed E-state index contributed by atoms with van der Waals surface area (Å²) in [5.74, 6) is -0.271. The van der Waals surface area contributed by atoms with E-state index in [1.54, 1.807) is 32.0 Å². The van der Waals surface area contributed by atoms with E-state index in [2.05, 4.69) is 5.16 Å². The van der Waals surface area contributed by atoms with Gasteiger partial charge in [0.1, 0.15) is 5.82 Å². The molecule has 0 spiro atoms. The maximum atomic E-state index is 12.9. The van der Waals surface area contributed by atoms with Gasteiger partial charge in [0, 0.05) is 10.6 Å². The Bertz CT molecular complexity index is 744. The van der Waals surface area contributed by atoms with Gasteiger partial charge in [0.25, 0.3) is 0 Å². The molecule has 2 rings (SSSR count). The summed E-state index contributed by atoms with van der Waals surface area (Å²) in [5.41, 5.74) is 1.97. The Morgan fingerprint density at radius 2 is 1.92 bits per heavy atom. The summed E-state index contributed by atoms with van der Waals surface area (Å²) < 4.78 is 17.9. The third kappa shape index (κ3) is 5.06. The van der Waals surface area contributed by atoms with E-state index in [4.69, 9.17) is 21.2 Å². The second kappa shape index (κ2) is 8.45. The van der Waals surface area contributed by atoms with E-state index in [1.807, 2.05) is 0 Å². The minimum Gasteiger partial charge on any atom is -0.466 e. The zero-order valence-electron chi connectivity index (χ0n) is 13.4. The summed E-state index contributed by atoms with van der Waals surface area (Å²) in [5, 5.41) is 4.55. The van der Waals surface area contributed by atoms with Crippen molar-refractivity contribution in [1.82, 2.24) is 0 Å². The van der Waals surface area contributed by atoms with Gasteiger partial charge in [-0.25, -0.2) is 4.39 Å². The first kappa shape index (κ1) is 17.9. The van der Waals surface area contributed by atoms with Gasteiger partial charge in [-0.15, -0.1) is 0 Å². The molecule has 0 aromatic heterocycles. The molecule has 2 aromatic rings. The van der Waals surface area contributed by atoms with Crippen LogP contribution in [-0.4, -0.2) is 18.3 Å². The van der Waals surface area contributed by atoms with E-state index >= 15 is 0 Å². The lowest BCUT2D eigenvalue weighted by Gasteiger charge is -2.10. The van der Waals surface area contributed by atoms with Crippen molar-refractivity contribution >= 4 is 23.3 Å². The summed E-state index contributed by atoms with van der Waals surface area (Å²) in [7, 11) is 0. The van der Waals surface area contributed by atoms with Crippen LogP contribution in [0.4, 0.5) is 4.39 Å². The van der Waals surface area contributed by atoms with Crippen molar-refractivity contribution in [2.75, 3.05) is 6.61 Å². The van der Waals surface area contributed by atoms with Crippen LogP contribution in [-0.2, 0) is 16.0 Å². The molecule has 2 aromatic carbocycles. The first-order valence-corrected chi connectivity index (χ1v) is 7.79. The number of hydrogen-bond acceptors (Lipinski definition) is 4. The fourth-order valence-corrected chi connectivity index (χ4v) is 2.25. The molecule has 0 N–H and O–H groups in total. The molecule has 0 heterocycles. The smallest absolute Gasteiger partial charge is 0.310 e. The third-order valence-corrected chi connectivity index (χ3v) is 3.44. The maximum absolute atomic E-state index is 12.9. The highest BCUT2D eigenvalue weighted by Crippen LogP contribution is 2.19. The molecule has 0 bridgehead atoms. The van der Waals surface area contributed by atoms with Crippen LogP contribution >= 0.6 is 11.6 Å². The quantitative estimate of drug-likeness (QED) is 0.441. The SMILES string of the molecule is CCOC(=O)Cc1ccc(Cl)cc1/C(C)=N/Oc1ccc(F)cc1. The Morgan fingerprint density at radius 1 is 1.21 bits per heavy atom. The summed E-state index contributed by atoms with van der Waals surface area (Å²) in [6.45, 7) is 3.82. The fourth-order valence-electron chi connectivity index (χ4n) is 2.07. The average Bonchev–Trinajstić information content (AvgIpc) is 2.56. The predicted molar refractivity (Wildman–Crippen MR) is 91.0 cm³/mol. The number of nitrogens with zero attached hydrogens (tertiary/aromatic N) is 1. The molecular formula is C18H17ClFNO3. The molecule has 0 amide bonds. The van der Waals surface area contributed by atoms with Crippen molar-refractivity contribution in [1.29, 1.82) is 0 Å². The fraction of sp³-hybridized carbons (Fsp3) is 0.222. The molecule has 0 saturated carbocycles. The zero-order chi connectivity index (χ0) is 17.5. The van der Waals surface area contributed by atoms with Crippen molar-refractivity contribution in [3.63, 3.8) is 0 Å². The number of oxime groups is 1. The van der Waals surface area contributed by atoms with Gasteiger partial charge < -0.3 is 9.57 Å². The Labute approximate surface area is 144 Å². The van der Waals surface area contributed by atoms with E-state index in [0.717, 1.165) is 5.56 Å². The largest absolute Gasteiger partial charge is 0.466 e. The Balaban J connectivity index is 2.21. The minimum absolute atomic E-state index is 0.115. The van der Waals surface area contributed by atoms with Crippen molar-refractivity contribution < 1.29 is 18.8 Å². The number of carbonyl (C=O) groups is 1. The van der Waals surface area contributed by atoms with Crippen molar-refractivity contribution in [2.24, 2.45) is 5.16 Å². The number of halogens is 2. The predicted octanol–water partition coefficient (Wildman–Crippen LogP) is 4.39. The number of ether oxygens (including phenoxy) is 1. The van der Waals surface area contributed by atoms with Gasteiger partial charge in [-0.3, -0.25) is 4.79 Å². The summed E-state index contributed by atoms with van der Waals surface area (Å²) in [6.07, 6.45) is 0.115. The van der Waals surface area contributed by atoms with Gasteiger partial charge >= 0.3 is 5.97 Å². The number of benzene rings is 2. The van der Waals surface area contributed by atoms with Gasteiger partial charge in [-0.2, -0.15) is 0 Å². The first-order chi connectivity index (χ1) is 11.5. The monoisotopic (exact) mass is 349 g/mol. The molecule has 0 saturated heterocycles.